The molecule has 3 nitrogen and oxygen atoms in total. The Balaban J connectivity index is 1.87. The Bertz CT molecular complexity index is 1240. The van der Waals surface area contributed by atoms with E-state index < -0.39 is 0 Å². The Kier molecular flexibility index (Phi) is 6.38. The number of hydrogen-bond donors (Lipinski definition) is 0. The van der Waals surface area contributed by atoms with Gasteiger partial charge in [0.05, 0.1) is 7.11 Å². The summed E-state index contributed by atoms with van der Waals surface area (Å²) in [5.74, 6) is 0.819. The number of methoxy groups -OCH3 is 1. The summed E-state index contributed by atoms with van der Waals surface area (Å²) in [4.78, 5) is 13.4. The average Bonchev–Trinajstić information content (AvgIpc) is 3.10. The Morgan fingerprint density at radius 2 is 1.62 bits per heavy atom. The SMILES string of the molecule is COc1ccc(C(CC(=O)c2ccc(Cl)cc2)c2c(C)c3ccccc3n2C(C)C)cc1. The maximum Gasteiger partial charge on any atom is 0.163 e. The molecule has 0 spiro atoms. The summed E-state index contributed by atoms with van der Waals surface area (Å²) in [5.41, 5.74) is 5.39. The summed E-state index contributed by atoms with van der Waals surface area (Å²) in [6.07, 6.45) is 0.373. The second-order valence-electron chi connectivity index (χ2n) is 8.45. The van der Waals surface area contributed by atoms with Gasteiger partial charge in [-0.05, 0) is 74.4 Å². The van der Waals surface area contributed by atoms with E-state index in [9.17, 15) is 4.79 Å². The number of halogens is 1. The Morgan fingerprint density at radius 1 is 0.969 bits per heavy atom. The van der Waals surface area contributed by atoms with Gasteiger partial charge in [-0.15, -0.1) is 0 Å². The van der Waals surface area contributed by atoms with Gasteiger partial charge in [-0.2, -0.15) is 0 Å². The molecule has 3 aromatic carbocycles. The Morgan fingerprint density at radius 3 is 2.25 bits per heavy atom. The molecule has 1 atom stereocenters. The minimum absolute atomic E-state index is 0.0844. The molecule has 164 valence electrons. The smallest absolute Gasteiger partial charge is 0.163 e. The van der Waals surface area contributed by atoms with Crippen molar-refractivity contribution in [3.8, 4) is 5.75 Å². The van der Waals surface area contributed by atoms with Crippen molar-refractivity contribution in [2.45, 2.75) is 39.2 Å². The molecule has 0 bridgehead atoms. The second-order valence-corrected chi connectivity index (χ2v) is 8.89. The number of benzene rings is 3. The zero-order valence-corrected chi connectivity index (χ0v) is 19.7. The first kappa shape index (κ1) is 22.2. The number of carbonyl (C=O) groups excluding carboxylic acids is 1. The van der Waals surface area contributed by atoms with Crippen molar-refractivity contribution in [2.24, 2.45) is 0 Å². The molecule has 0 N–H and O–H groups in total. The van der Waals surface area contributed by atoms with E-state index in [1.165, 1.54) is 22.2 Å². The molecule has 0 radical (unpaired) electrons. The van der Waals surface area contributed by atoms with Gasteiger partial charge in [0.2, 0.25) is 0 Å². The number of nitrogens with zero attached hydrogens (tertiary/aromatic N) is 1. The molecule has 0 fully saturated rings. The monoisotopic (exact) mass is 445 g/mol. The number of carbonyl (C=O) groups is 1. The maximum absolute atomic E-state index is 13.4. The number of fused-ring (bicyclic) bond motifs is 1. The van der Waals surface area contributed by atoms with Gasteiger partial charge in [0, 0.05) is 45.6 Å². The van der Waals surface area contributed by atoms with E-state index in [1.54, 1.807) is 31.4 Å². The fraction of sp³-hybridized carbons (Fsp3) is 0.250. The quantitative estimate of drug-likeness (QED) is 0.274. The van der Waals surface area contributed by atoms with Crippen LogP contribution in [0, 0.1) is 6.92 Å². The first-order valence-corrected chi connectivity index (χ1v) is 11.3. The van der Waals surface area contributed by atoms with E-state index in [4.69, 9.17) is 16.3 Å². The third-order valence-corrected chi connectivity index (χ3v) is 6.38. The standard InChI is InChI=1S/C28H28ClNO2/c1-18(2)30-26-8-6-5-7-24(26)19(3)28(30)25(20-11-15-23(32-4)16-12-20)17-27(31)21-9-13-22(29)14-10-21/h5-16,18,25H,17H2,1-4H3. The van der Waals surface area contributed by atoms with Crippen molar-refractivity contribution in [2.75, 3.05) is 7.11 Å². The summed E-state index contributed by atoms with van der Waals surface area (Å²) in [5, 5.41) is 1.86. The number of aryl methyl sites for hydroxylation is 1. The number of para-hydroxylation sites is 1. The van der Waals surface area contributed by atoms with E-state index >= 15 is 0 Å². The van der Waals surface area contributed by atoms with Crippen LogP contribution in [0.15, 0.2) is 72.8 Å². The molecular formula is C28H28ClNO2. The molecule has 0 aliphatic heterocycles. The van der Waals surface area contributed by atoms with Crippen LogP contribution in [0.25, 0.3) is 10.9 Å². The molecule has 4 heteroatoms. The highest BCUT2D eigenvalue weighted by Crippen LogP contribution is 2.39. The second kappa shape index (κ2) is 9.22. The van der Waals surface area contributed by atoms with Crippen LogP contribution in [0.4, 0.5) is 0 Å². The summed E-state index contributed by atoms with van der Waals surface area (Å²) in [6.45, 7) is 6.56. The van der Waals surface area contributed by atoms with Crippen LogP contribution in [-0.2, 0) is 0 Å². The van der Waals surface area contributed by atoms with E-state index in [1.807, 2.05) is 12.1 Å². The molecule has 0 saturated heterocycles. The minimum Gasteiger partial charge on any atom is -0.497 e. The highest BCUT2D eigenvalue weighted by molar-refractivity contribution is 6.30. The van der Waals surface area contributed by atoms with Crippen molar-refractivity contribution < 1.29 is 9.53 Å². The lowest BCUT2D eigenvalue weighted by atomic mass is 9.86. The van der Waals surface area contributed by atoms with E-state index in [2.05, 4.69) is 61.7 Å². The van der Waals surface area contributed by atoms with Crippen LogP contribution in [0.3, 0.4) is 0 Å². The van der Waals surface area contributed by atoms with Crippen molar-refractivity contribution in [3.05, 3.63) is 100 Å². The molecule has 32 heavy (non-hydrogen) atoms. The van der Waals surface area contributed by atoms with E-state index in [0.717, 1.165) is 11.3 Å². The number of rotatable bonds is 7. The van der Waals surface area contributed by atoms with Gasteiger partial charge < -0.3 is 9.30 Å². The van der Waals surface area contributed by atoms with Gasteiger partial charge in [0.25, 0.3) is 0 Å². The van der Waals surface area contributed by atoms with Gasteiger partial charge >= 0.3 is 0 Å². The maximum atomic E-state index is 13.4. The van der Waals surface area contributed by atoms with Crippen molar-refractivity contribution in [3.63, 3.8) is 0 Å². The van der Waals surface area contributed by atoms with Crippen LogP contribution >= 0.6 is 11.6 Å². The highest BCUT2D eigenvalue weighted by atomic mass is 35.5. The van der Waals surface area contributed by atoms with Gasteiger partial charge in [-0.3, -0.25) is 4.79 Å². The van der Waals surface area contributed by atoms with Gasteiger partial charge in [0.1, 0.15) is 5.75 Å². The summed E-state index contributed by atoms with van der Waals surface area (Å²) in [6, 6.07) is 24.0. The number of ketones is 1. The first-order chi connectivity index (χ1) is 15.4. The first-order valence-electron chi connectivity index (χ1n) is 10.9. The van der Waals surface area contributed by atoms with Crippen LogP contribution in [0.5, 0.6) is 5.75 Å². The zero-order valence-electron chi connectivity index (χ0n) is 18.9. The van der Waals surface area contributed by atoms with Crippen molar-refractivity contribution in [1.82, 2.24) is 4.57 Å². The van der Waals surface area contributed by atoms with Crippen LogP contribution in [0.2, 0.25) is 5.02 Å². The molecule has 0 aliphatic rings. The average molecular weight is 446 g/mol. The third kappa shape index (κ3) is 4.18. The Labute approximate surface area is 194 Å². The molecule has 0 amide bonds. The number of aromatic nitrogens is 1. The number of Topliss-reactive ketones (excluding diaryl/α,β-unsaturated/α-hetero) is 1. The lowest BCUT2D eigenvalue weighted by Gasteiger charge is -2.24. The Hall–Kier alpha value is -3.04. The molecule has 1 aromatic heterocycles. The molecule has 0 aliphatic carbocycles. The largest absolute Gasteiger partial charge is 0.497 e. The molecule has 4 aromatic rings. The highest BCUT2D eigenvalue weighted by Gasteiger charge is 2.27. The predicted molar refractivity (Wildman–Crippen MR) is 132 cm³/mol. The van der Waals surface area contributed by atoms with Crippen molar-refractivity contribution >= 4 is 28.3 Å². The van der Waals surface area contributed by atoms with Crippen LogP contribution in [0.1, 0.15) is 59.4 Å². The van der Waals surface area contributed by atoms with Crippen molar-refractivity contribution in [1.29, 1.82) is 0 Å². The predicted octanol–water partition coefficient (Wildman–Crippen LogP) is 7.60. The normalized spacial score (nSPS) is 12.3. The van der Waals surface area contributed by atoms with Gasteiger partial charge in [-0.1, -0.05) is 41.9 Å². The lowest BCUT2D eigenvalue weighted by molar-refractivity contribution is 0.0976. The topological polar surface area (TPSA) is 31.2 Å². The molecule has 4 rings (SSSR count). The lowest BCUT2D eigenvalue weighted by Crippen LogP contribution is -2.16. The third-order valence-electron chi connectivity index (χ3n) is 6.13. The number of ether oxygens (including phenoxy) is 1. The van der Waals surface area contributed by atoms with Gasteiger partial charge in [0.15, 0.2) is 5.78 Å². The van der Waals surface area contributed by atoms with Gasteiger partial charge in [-0.25, -0.2) is 0 Å². The minimum atomic E-state index is -0.0844. The van der Waals surface area contributed by atoms with E-state index in [-0.39, 0.29) is 17.7 Å². The molecule has 1 unspecified atom stereocenters. The van der Waals surface area contributed by atoms with Crippen LogP contribution < -0.4 is 4.74 Å². The fourth-order valence-electron chi connectivity index (χ4n) is 4.58. The molecular weight excluding hydrogens is 418 g/mol. The summed E-state index contributed by atoms with van der Waals surface area (Å²) in [7, 11) is 1.66. The molecule has 0 saturated carbocycles. The number of hydrogen-bond acceptors (Lipinski definition) is 2. The van der Waals surface area contributed by atoms with E-state index in [0.29, 0.717) is 17.0 Å². The summed E-state index contributed by atoms with van der Waals surface area (Å²) >= 11 is 6.04. The molecule has 1 heterocycles. The fourth-order valence-corrected chi connectivity index (χ4v) is 4.71. The zero-order chi connectivity index (χ0) is 22.8. The summed E-state index contributed by atoms with van der Waals surface area (Å²) < 4.78 is 7.75. The van der Waals surface area contributed by atoms with Crippen LogP contribution in [-0.4, -0.2) is 17.5 Å².